The highest BCUT2D eigenvalue weighted by atomic mass is 16.6. The number of amides is 1. The number of hydrogen-bond donors (Lipinski definition) is 3. The quantitative estimate of drug-likeness (QED) is 0.365. The molecule has 0 aromatic heterocycles. The Labute approximate surface area is 158 Å². The molecule has 1 heterocycles. The zero-order valence-corrected chi connectivity index (χ0v) is 17.2. The molecule has 0 radical (unpaired) electrons. The van der Waals surface area contributed by atoms with Crippen molar-refractivity contribution >= 4 is 12.1 Å². The van der Waals surface area contributed by atoms with Crippen molar-refractivity contribution in [2.45, 2.75) is 65.5 Å². The summed E-state index contributed by atoms with van der Waals surface area (Å²) in [6.45, 7) is 15.0. The number of alkyl carbamates (subject to hydrolysis) is 1. The van der Waals surface area contributed by atoms with Crippen molar-refractivity contribution < 1.29 is 14.3 Å². The molecule has 0 aromatic rings. The van der Waals surface area contributed by atoms with Crippen LogP contribution in [0.2, 0.25) is 0 Å². The smallest absolute Gasteiger partial charge is 0.408 e. The molecule has 0 unspecified atom stereocenters. The highest BCUT2D eigenvalue weighted by Gasteiger charge is 2.24. The molecule has 3 N–H and O–H groups in total. The van der Waals surface area contributed by atoms with Gasteiger partial charge in [-0.2, -0.15) is 0 Å². The van der Waals surface area contributed by atoms with Crippen molar-refractivity contribution in [2.75, 3.05) is 32.8 Å². The number of ether oxygens (including phenoxy) is 2. The molecule has 0 saturated heterocycles. The number of carbonyl (C=O) groups excluding carboxylic acids is 1. The summed E-state index contributed by atoms with van der Waals surface area (Å²) in [6.07, 6.45) is 3.71. The molecular formula is C19H36N4O3. The molecule has 7 heteroatoms. The van der Waals surface area contributed by atoms with Gasteiger partial charge in [0.05, 0.1) is 25.3 Å². The minimum absolute atomic E-state index is 0.429. The monoisotopic (exact) mass is 368 g/mol. The van der Waals surface area contributed by atoms with Crippen LogP contribution in [0, 0.1) is 0 Å². The van der Waals surface area contributed by atoms with Crippen LogP contribution in [-0.4, -0.2) is 56.0 Å². The van der Waals surface area contributed by atoms with Crippen molar-refractivity contribution in [1.82, 2.24) is 16.0 Å². The normalized spacial score (nSPS) is 15.9. The van der Waals surface area contributed by atoms with Gasteiger partial charge < -0.3 is 25.4 Å². The van der Waals surface area contributed by atoms with Crippen LogP contribution in [-0.2, 0) is 9.47 Å². The molecule has 1 amide bonds. The SMILES string of the molecule is CCNC(=NCC(C)(C)NC(=O)OC(C)(C)C)NCCC1=CCOCC1. The Balaban J connectivity index is 2.49. The van der Waals surface area contributed by atoms with Crippen molar-refractivity contribution in [3.8, 4) is 0 Å². The standard InChI is InChI=1S/C19H36N4O3/c1-7-20-16(21-11-8-15-9-12-25-13-10-15)22-14-19(5,6)23-17(24)26-18(2,3)4/h9H,7-8,10-14H2,1-6H3,(H,23,24)(H2,20,21,22). The van der Waals surface area contributed by atoms with E-state index in [-0.39, 0.29) is 0 Å². The van der Waals surface area contributed by atoms with E-state index in [1.54, 1.807) is 0 Å². The van der Waals surface area contributed by atoms with Crippen LogP contribution in [0.4, 0.5) is 4.79 Å². The van der Waals surface area contributed by atoms with Crippen molar-refractivity contribution in [1.29, 1.82) is 0 Å². The lowest BCUT2D eigenvalue weighted by Gasteiger charge is -2.27. The molecule has 0 saturated carbocycles. The molecule has 7 nitrogen and oxygen atoms in total. The van der Waals surface area contributed by atoms with Crippen LogP contribution in [0.15, 0.2) is 16.6 Å². The lowest BCUT2D eigenvalue weighted by atomic mass is 10.1. The Hall–Kier alpha value is -1.76. The predicted octanol–water partition coefficient (Wildman–Crippen LogP) is 2.58. The van der Waals surface area contributed by atoms with Gasteiger partial charge in [0, 0.05) is 13.1 Å². The summed E-state index contributed by atoms with van der Waals surface area (Å²) < 4.78 is 10.6. The lowest BCUT2D eigenvalue weighted by Crippen LogP contribution is -2.49. The third kappa shape index (κ3) is 10.3. The fraction of sp³-hybridized carbons (Fsp3) is 0.789. The first-order valence-electron chi connectivity index (χ1n) is 9.40. The Kier molecular flexibility index (Phi) is 8.92. The van der Waals surface area contributed by atoms with Crippen molar-refractivity contribution in [3.63, 3.8) is 0 Å². The number of nitrogens with one attached hydrogen (secondary N) is 3. The van der Waals surface area contributed by atoms with E-state index in [0.29, 0.717) is 13.2 Å². The van der Waals surface area contributed by atoms with Crippen LogP contribution in [0.1, 0.15) is 54.4 Å². The highest BCUT2D eigenvalue weighted by molar-refractivity contribution is 5.79. The number of aliphatic imine (C=N–C) groups is 1. The average molecular weight is 369 g/mol. The topological polar surface area (TPSA) is 84.0 Å². The summed E-state index contributed by atoms with van der Waals surface area (Å²) in [5.74, 6) is 0.749. The minimum Gasteiger partial charge on any atom is -0.444 e. The third-order valence-corrected chi connectivity index (χ3v) is 3.61. The molecule has 1 rings (SSSR count). The van der Waals surface area contributed by atoms with Gasteiger partial charge in [-0.3, -0.25) is 4.99 Å². The van der Waals surface area contributed by atoms with E-state index in [9.17, 15) is 4.79 Å². The molecule has 0 atom stereocenters. The van der Waals surface area contributed by atoms with E-state index in [2.05, 4.69) is 27.0 Å². The summed E-state index contributed by atoms with van der Waals surface area (Å²) in [5.41, 5.74) is 0.402. The molecule has 0 aliphatic carbocycles. The number of rotatable bonds is 7. The molecule has 0 aromatic carbocycles. The molecule has 1 aliphatic rings. The Morgan fingerprint density at radius 3 is 2.58 bits per heavy atom. The van der Waals surface area contributed by atoms with Gasteiger partial charge in [-0.1, -0.05) is 11.6 Å². The van der Waals surface area contributed by atoms with E-state index >= 15 is 0 Å². The van der Waals surface area contributed by atoms with Crippen LogP contribution in [0.5, 0.6) is 0 Å². The maximum atomic E-state index is 12.0. The van der Waals surface area contributed by atoms with Crippen LogP contribution in [0.3, 0.4) is 0 Å². The van der Waals surface area contributed by atoms with Crippen LogP contribution in [0.25, 0.3) is 0 Å². The van der Waals surface area contributed by atoms with Crippen LogP contribution >= 0.6 is 0 Å². The molecule has 0 bridgehead atoms. The molecule has 150 valence electrons. The van der Waals surface area contributed by atoms with Gasteiger partial charge in [0.15, 0.2) is 5.96 Å². The number of hydrogen-bond acceptors (Lipinski definition) is 4. The molecule has 26 heavy (non-hydrogen) atoms. The van der Waals surface area contributed by atoms with E-state index in [1.807, 2.05) is 41.5 Å². The molecular weight excluding hydrogens is 332 g/mol. The first-order chi connectivity index (χ1) is 12.1. The second-order valence-electron chi connectivity index (χ2n) is 8.07. The molecule has 1 aliphatic heterocycles. The van der Waals surface area contributed by atoms with E-state index in [0.717, 1.165) is 38.5 Å². The Morgan fingerprint density at radius 2 is 2.00 bits per heavy atom. The first kappa shape index (κ1) is 22.3. The number of carbonyl (C=O) groups is 1. The van der Waals surface area contributed by atoms with Gasteiger partial charge in [-0.15, -0.1) is 0 Å². The van der Waals surface area contributed by atoms with Gasteiger partial charge >= 0.3 is 6.09 Å². The second-order valence-corrected chi connectivity index (χ2v) is 8.07. The zero-order chi connectivity index (χ0) is 19.6. The Morgan fingerprint density at radius 1 is 1.27 bits per heavy atom. The van der Waals surface area contributed by atoms with E-state index in [1.165, 1.54) is 5.57 Å². The average Bonchev–Trinajstić information content (AvgIpc) is 2.51. The third-order valence-electron chi connectivity index (χ3n) is 3.61. The zero-order valence-electron chi connectivity index (χ0n) is 17.2. The fourth-order valence-electron chi connectivity index (χ4n) is 2.37. The Bertz CT molecular complexity index is 507. The summed E-state index contributed by atoms with van der Waals surface area (Å²) in [5, 5.41) is 9.45. The summed E-state index contributed by atoms with van der Waals surface area (Å²) in [6, 6.07) is 0. The van der Waals surface area contributed by atoms with Gasteiger partial charge in [-0.05, 0) is 54.4 Å². The summed E-state index contributed by atoms with van der Waals surface area (Å²) in [4.78, 5) is 16.6. The highest BCUT2D eigenvalue weighted by Crippen LogP contribution is 2.11. The summed E-state index contributed by atoms with van der Waals surface area (Å²) >= 11 is 0. The lowest BCUT2D eigenvalue weighted by molar-refractivity contribution is 0.0476. The van der Waals surface area contributed by atoms with Crippen LogP contribution < -0.4 is 16.0 Å². The largest absolute Gasteiger partial charge is 0.444 e. The molecule has 0 spiro atoms. The van der Waals surface area contributed by atoms with Gasteiger partial charge in [-0.25, -0.2) is 4.79 Å². The van der Waals surface area contributed by atoms with E-state index < -0.39 is 17.2 Å². The van der Waals surface area contributed by atoms with Gasteiger partial charge in [0.1, 0.15) is 5.60 Å². The molecule has 0 fully saturated rings. The van der Waals surface area contributed by atoms with Crippen molar-refractivity contribution in [3.05, 3.63) is 11.6 Å². The van der Waals surface area contributed by atoms with Gasteiger partial charge in [0.25, 0.3) is 0 Å². The predicted molar refractivity (Wildman–Crippen MR) is 106 cm³/mol. The van der Waals surface area contributed by atoms with Gasteiger partial charge in [0.2, 0.25) is 0 Å². The first-order valence-corrected chi connectivity index (χ1v) is 9.40. The van der Waals surface area contributed by atoms with E-state index in [4.69, 9.17) is 9.47 Å². The fourth-order valence-corrected chi connectivity index (χ4v) is 2.37. The maximum Gasteiger partial charge on any atom is 0.408 e. The number of guanidine groups is 1. The summed E-state index contributed by atoms with van der Waals surface area (Å²) in [7, 11) is 0. The second kappa shape index (κ2) is 10.4. The number of nitrogens with zero attached hydrogens (tertiary/aromatic N) is 1. The maximum absolute atomic E-state index is 12.0. The minimum atomic E-state index is -0.515. The van der Waals surface area contributed by atoms with Crippen molar-refractivity contribution in [2.24, 2.45) is 4.99 Å².